The molecule has 20 heavy (non-hydrogen) atoms. The van der Waals surface area contributed by atoms with Crippen LogP contribution in [-0.2, 0) is 11.5 Å². The zero-order valence-corrected chi connectivity index (χ0v) is 10.7. The van der Waals surface area contributed by atoms with Gasteiger partial charge in [-0.05, 0) is 6.07 Å². The average molecular weight is 368 g/mol. The molecule has 0 aliphatic heterocycles. The Kier molecular flexibility index (Phi) is 4.52. The molecule has 112 valence electrons. The van der Waals surface area contributed by atoms with Crippen molar-refractivity contribution >= 4 is 21.9 Å². The highest BCUT2D eigenvalue weighted by Crippen LogP contribution is 2.36. The summed E-state index contributed by atoms with van der Waals surface area (Å²) in [6.45, 7) is 0. The minimum atomic E-state index is -5.28. The minimum Gasteiger partial charge on any atom is -0.477 e. The van der Waals surface area contributed by atoms with Crippen molar-refractivity contribution in [2.24, 2.45) is 0 Å². The Labute approximate surface area is 115 Å². The van der Waals surface area contributed by atoms with Crippen LogP contribution >= 0.6 is 15.9 Å². The normalized spacial score (nSPS) is 12.3. The summed E-state index contributed by atoms with van der Waals surface area (Å²) in [6.07, 6.45) is -10.2. The molecule has 0 aromatic carbocycles. The van der Waals surface area contributed by atoms with Crippen LogP contribution in [-0.4, -0.2) is 22.4 Å². The number of hydrogen-bond donors (Lipinski definition) is 1. The standard InChI is InChI=1S/C9H4BrF6NO3/c10-2-5-4(8(11,12)13)1-3(7(18)19)6(17-5)20-9(14,15)16/h1H,2H2,(H,18,19). The zero-order valence-electron chi connectivity index (χ0n) is 9.14. The molecule has 1 aromatic rings. The highest BCUT2D eigenvalue weighted by atomic mass is 79.9. The van der Waals surface area contributed by atoms with E-state index in [1.54, 1.807) is 0 Å². The van der Waals surface area contributed by atoms with E-state index in [0.717, 1.165) is 0 Å². The van der Waals surface area contributed by atoms with Gasteiger partial charge in [-0.2, -0.15) is 13.2 Å². The highest BCUT2D eigenvalue weighted by molar-refractivity contribution is 9.08. The molecule has 0 saturated heterocycles. The van der Waals surface area contributed by atoms with Gasteiger partial charge in [-0.15, -0.1) is 13.2 Å². The predicted molar refractivity (Wildman–Crippen MR) is 55.5 cm³/mol. The number of nitrogens with zero attached hydrogens (tertiary/aromatic N) is 1. The number of rotatable bonds is 3. The van der Waals surface area contributed by atoms with Gasteiger partial charge >= 0.3 is 18.5 Å². The van der Waals surface area contributed by atoms with Crippen molar-refractivity contribution in [3.63, 3.8) is 0 Å². The number of ether oxygens (including phenoxy) is 1. The summed E-state index contributed by atoms with van der Waals surface area (Å²) in [7, 11) is 0. The van der Waals surface area contributed by atoms with Crippen molar-refractivity contribution in [3.05, 3.63) is 22.9 Å². The number of pyridine rings is 1. The molecule has 1 rings (SSSR count). The van der Waals surface area contributed by atoms with Crippen LogP contribution in [0.5, 0.6) is 5.88 Å². The Morgan fingerprint density at radius 3 is 2.20 bits per heavy atom. The van der Waals surface area contributed by atoms with E-state index >= 15 is 0 Å². The lowest BCUT2D eigenvalue weighted by molar-refractivity contribution is -0.276. The molecule has 1 N–H and O–H groups in total. The van der Waals surface area contributed by atoms with Crippen molar-refractivity contribution in [2.45, 2.75) is 17.9 Å². The molecule has 1 aromatic heterocycles. The minimum absolute atomic E-state index is 0.0486. The van der Waals surface area contributed by atoms with E-state index in [1.165, 1.54) is 0 Å². The van der Waals surface area contributed by atoms with Crippen molar-refractivity contribution in [3.8, 4) is 5.88 Å². The van der Waals surface area contributed by atoms with Gasteiger partial charge in [0.05, 0.1) is 11.3 Å². The van der Waals surface area contributed by atoms with Gasteiger partial charge in [0.1, 0.15) is 5.56 Å². The van der Waals surface area contributed by atoms with E-state index in [2.05, 4.69) is 25.7 Å². The van der Waals surface area contributed by atoms with E-state index < -0.39 is 46.5 Å². The molecular weight excluding hydrogens is 364 g/mol. The van der Waals surface area contributed by atoms with Gasteiger partial charge < -0.3 is 9.84 Å². The highest BCUT2D eigenvalue weighted by Gasteiger charge is 2.39. The first-order valence-corrected chi connectivity index (χ1v) is 5.74. The SMILES string of the molecule is O=C(O)c1cc(C(F)(F)F)c(CBr)nc1OC(F)(F)F. The molecular formula is C9H4BrF6NO3. The second-order valence-electron chi connectivity index (χ2n) is 3.32. The Bertz CT molecular complexity index is 528. The molecule has 0 bridgehead atoms. The second kappa shape index (κ2) is 5.46. The molecule has 1 heterocycles. The fourth-order valence-corrected chi connectivity index (χ4v) is 1.65. The number of aromatic nitrogens is 1. The van der Waals surface area contributed by atoms with Crippen LogP contribution in [0, 0.1) is 0 Å². The zero-order chi connectivity index (χ0) is 15.7. The summed E-state index contributed by atoms with van der Waals surface area (Å²) in [4.78, 5) is 13.7. The van der Waals surface area contributed by atoms with Crippen LogP contribution < -0.4 is 4.74 Å². The van der Waals surface area contributed by atoms with E-state index in [9.17, 15) is 31.1 Å². The first-order chi connectivity index (χ1) is 8.95. The van der Waals surface area contributed by atoms with Gasteiger partial charge in [-0.1, -0.05) is 15.9 Å². The number of aromatic carboxylic acids is 1. The van der Waals surface area contributed by atoms with Crippen LogP contribution in [0.2, 0.25) is 0 Å². The maximum atomic E-state index is 12.6. The largest absolute Gasteiger partial charge is 0.574 e. The lowest BCUT2D eigenvalue weighted by Gasteiger charge is -2.15. The van der Waals surface area contributed by atoms with E-state index in [1.807, 2.05) is 0 Å². The van der Waals surface area contributed by atoms with Gasteiger partial charge in [-0.25, -0.2) is 9.78 Å². The summed E-state index contributed by atoms with van der Waals surface area (Å²) in [5.74, 6) is -3.48. The second-order valence-corrected chi connectivity index (χ2v) is 3.88. The Morgan fingerprint density at radius 2 is 1.85 bits per heavy atom. The van der Waals surface area contributed by atoms with Gasteiger partial charge in [-0.3, -0.25) is 0 Å². The molecule has 0 radical (unpaired) electrons. The summed E-state index contributed by atoms with van der Waals surface area (Å²) in [5.41, 5.74) is -3.61. The van der Waals surface area contributed by atoms with E-state index in [0.29, 0.717) is 0 Å². The summed E-state index contributed by atoms with van der Waals surface area (Å²) in [5, 5.41) is 8.12. The van der Waals surface area contributed by atoms with Crippen LogP contribution in [0.15, 0.2) is 6.07 Å². The molecule has 0 atom stereocenters. The molecule has 0 aliphatic rings. The maximum absolute atomic E-state index is 12.6. The molecule has 0 aliphatic carbocycles. The number of carbonyl (C=O) groups is 1. The summed E-state index contributed by atoms with van der Waals surface area (Å²) in [6, 6.07) is 0.0486. The smallest absolute Gasteiger partial charge is 0.477 e. The number of alkyl halides is 7. The fraction of sp³-hybridized carbons (Fsp3) is 0.333. The third-order valence-corrected chi connectivity index (χ3v) is 2.47. The molecule has 11 heteroatoms. The fourth-order valence-electron chi connectivity index (χ4n) is 1.22. The Balaban J connectivity index is 3.50. The van der Waals surface area contributed by atoms with Gasteiger partial charge in [0, 0.05) is 5.33 Å². The van der Waals surface area contributed by atoms with Crippen LogP contribution in [0.1, 0.15) is 21.6 Å². The quantitative estimate of drug-likeness (QED) is 0.655. The predicted octanol–water partition coefficient (Wildman–Crippen LogP) is 3.59. The first-order valence-electron chi connectivity index (χ1n) is 4.62. The molecule has 0 saturated carbocycles. The first kappa shape index (κ1) is 16.5. The van der Waals surface area contributed by atoms with Crippen LogP contribution in [0.3, 0.4) is 0 Å². The maximum Gasteiger partial charge on any atom is 0.574 e. The Hall–Kier alpha value is -1.52. The molecule has 0 spiro atoms. The van der Waals surface area contributed by atoms with Crippen molar-refractivity contribution < 1.29 is 41.0 Å². The summed E-state index contributed by atoms with van der Waals surface area (Å²) >= 11 is 2.63. The van der Waals surface area contributed by atoms with E-state index in [-0.39, 0.29) is 6.07 Å². The molecule has 0 amide bonds. The van der Waals surface area contributed by atoms with Crippen molar-refractivity contribution in [2.75, 3.05) is 0 Å². The molecule has 0 fully saturated rings. The summed E-state index contributed by atoms with van der Waals surface area (Å²) < 4.78 is 77.4. The van der Waals surface area contributed by atoms with Crippen LogP contribution in [0.25, 0.3) is 0 Å². The topological polar surface area (TPSA) is 59.4 Å². The van der Waals surface area contributed by atoms with Crippen LogP contribution in [0.4, 0.5) is 26.3 Å². The third kappa shape index (κ3) is 3.99. The number of carboxylic acids is 1. The third-order valence-electron chi connectivity index (χ3n) is 1.94. The molecule has 0 unspecified atom stereocenters. The number of hydrogen-bond acceptors (Lipinski definition) is 3. The Morgan fingerprint density at radius 1 is 1.30 bits per heavy atom. The number of carboxylic acid groups (broad SMARTS) is 1. The van der Waals surface area contributed by atoms with Gasteiger partial charge in [0.15, 0.2) is 0 Å². The lowest BCUT2D eigenvalue weighted by atomic mass is 10.1. The van der Waals surface area contributed by atoms with Gasteiger partial charge in [0.2, 0.25) is 5.88 Å². The van der Waals surface area contributed by atoms with Gasteiger partial charge in [0.25, 0.3) is 0 Å². The van der Waals surface area contributed by atoms with Crippen molar-refractivity contribution in [1.82, 2.24) is 4.98 Å². The molecule has 4 nitrogen and oxygen atoms in total. The lowest BCUT2D eigenvalue weighted by Crippen LogP contribution is -2.22. The monoisotopic (exact) mass is 367 g/mol. The van der Waals surface area contributed by atoms with Crippen molar-refractivity contribution in [1.29, 1.82) is 0 Å². The van der Waals surface area contributed by atoms with E-state index in [4.69, 9.17) is 5.11 Å². The average Bonchev–Trinajstić information content (AvgIpc) is 2.24. The number of halogens is 7.